The zero-order chi connectivity index (χ0) is 29.5. The van der Waals surface area contributed by atoms with E-state index in [1.165, 1.54) is 46.3 Å². The third kappa shape index (κ3) is 9.74. The molecule has 0 unspecified atom stereocenters. The van der Waals surface area contributed by atoms with Gasteiger partial charge in [0.2, 0.25) is 0 Å². The van der Waals surface area contributed by atoms with Gasteiger partial charge in [0.15, 0.2) is 11.5 Å². The van der Waals surface area contributed by atoms with Crippen LogP contribution in [0.1, 0.15) is 84.3 Å². The Labute approximate surface area is 243 Å². The van der Waals surface area contributed by atoms with Crippen LogP contribution in [0.4, 0.5) is 0 Å². The number of nitrogens with one attached hydrogen (secondary N) is 2. The summed E-state index contributed by atoms with van der Waals surface area (Å²) in [6.45, 7) is 2.81. The molecule has 0 radical (unpaired) electrons. The van der Waals surface area contributed by atoms with Crippen LogP contribution in [0.15, 0.2) is 66.7 Å². The van der Waals surface area contributed by atoms with Gasteiger partial charge in [0.05, 0.1) is 27.9 Å². The summed E-state index contributed by atoms with van der Waals surface area (Å²) in [7, 11) is 4.65. The molecule has 2 amide bonds. The van der Waals surface area contributed by atoms with Crippen LogP contribution in [0.25, 0.3) is 0 Å². The fourth-order valence-corrected chi connectivity index (χ4v) is 4.38. The molecule has 0 aliphatic heterocycles. The predicted octanol–water partition coefficient (Wildman–Crippen LogP) is 6.70. The Bertz CT molecular complexity index is 1200. The summed E-state index contributed by atoms with van der Waals surface area (Å²) in [6, 6.07) is 19.0. The lowest BCUT2D eigenvalue weighted by Crippen LogP contribution is -2.41. The first-order chi connectivity index (χ1) is 20.0. The molecule has 8 heteroatoms. The van der Waals surface area contributed by atoms with Crippen LogP contribution >= 0.6 is 0 Å². The molecule has 0 saturated carbocycles. The van der Waals surface area contributed by atoms with E-state index in [9.17, 15) is 9.59 Å². The smallest absolute Gasteiger partial charge is 0.253 e. The molecule has 2 N–H and O–H groups in total. The van der Waals surface area contributed by atoms with Crippen LogP contribution < -0.4 is 29.6 Å². The lowest BCUT2D eigenvalue weighted by Gasteiger charge is -2.22. The Morgan fingerprint density at radius 3 is 1.76 bits per heavy atom. The fourth-order valence-electron chi connectivity index (χ4n) is 4.38. The summed E-state index contributed by atoms with van der Waals surface area (Å²) in [5, 5.41) is 5.86. The Kier molecular flexibility index (Phi) is 12.8. The maximum Gasteiger partial charge on any atom is 0.253 e. The van der Waals surface area contributed by atoms with Crippen molar-refractivity contribution < 1.29 is 28.5 Å². The van der Waals surface area contributed by atoms with Gasteiger partial charge in [-0.2, -0.15) is 0 Å². The van der Waals surface area contributed by atoms with Crippen molar-refractivity contribution in [3.8, 4) is 23.0 Å². The van der Waals surface area contributed by atoms with Gasteiger partial charge in [-0.3, -0.25) is 9.59 Å². The quantitative estimate of drug-likeness (QED) is 0.140. The maximum absolute atomic E-state index is 13.2. The van der Waals surface area contributed by atoms with Crippen molar-refractivity contribution in [3.63, 3.8) is 0 Å². The van der Waals surface area contributed by atoms with Crippen LogP contribution in [0, 0.1) is 0 Å². The third-order valence-corrected chi connectivity index (χ3v) is 6.74. The molecule has 0 heterocycles. The minimum atomic E-state index is -0.863. The first-order valence-corrected chi connectivity index (χ1v) is 14.2. The SMILES string of the molecule is CCCCCCCCCOc1ccc(C(NC(=O)c2cccc(OC)c2)NC(=O)c2cccc(OC)c2)cc1OC. The Balaban J connectivity index is 1.76. The van der Waals surface area contributed by atoms with E-state index in [-0.39, 0.29) is 11.8 Å². The molecular formula is C33H42N2O6. The molecule has 0 saturated heterocycles. The van der Waals surface area contributed by atoms with E-state index in [4.69, 9.17) is 18.9 Å². The molecule has 3 aromatic rings. The first kappa shape index (κ1) is 31.3. The van der Waals surface area contributed by atoms with Gasteiger partial charge in [0.25, 0.3) is 11.8 Å². The molecule has 3 rings (SSSR count). The topological polar surface area (TPSA) is 95.1 Å². The second-order valence-electron chi connectivity index (χ2n) is 9.72. The number of carbonyl (C=O) groups is 2. The lowest BCUT2D eigenvalue weighted by atomic mass is 10.1. The minimum absolute atomic E-state index is 0.377. The van der Waals surface area contributed by atoms with E-state index in [0.29, 0.717) is 46.3 Å². The average molecular weight is 563 g/mol. The maximum atomic E-state index is 13.2. The summed E-state index contributed by atoms with van der Waals surface area (Å²) in [5.41, 5.74) is 1.41. The van der Waals surface area contributed by atoms with Crippen LogP contribution in [0.2, 0.25) is 0 Å². The second kappa shape index (κ2) is 16.8. The Morgan fingerprint density at radius 1 is 0.659 bits per heavy atom. The van der Waals surface area contributed by atoms with Crippen LogP contribution in [0.3, 0.4) is 0 Å². The molecule has 0 aliphatic rings. The highest BCUT2D eigenvalue weighted by Gasteiger charge is 2.21. The van der Waals surface area contributed by atoms with Gasteiger partial charge in [-0.1, -0.05) is 63.6 Å². The van der Waals surface area contributed by atoms with Crippen LogP contribution in [-0.4, -0.2) is 39.8 Å². The van der Waals surface area contributed by atoms with Crippen molar-refractivity contribution in [1.29, 1.82) is 0 Å². The molecule has 0 aromatic heterocycles. The monoisotopic (exact) mass is 562 g/mol. The van der Waals surface area contributed by atoms with Gasteiger partial charge < -0.3 is 29.6 Å². The summed E-state index contributed by atoms with van der Waals surface area (Å²) in [5.74, 6) is 1.48. The highest BCUT2D eigenvalue weighted by molar-refractivity contribution is 5.97. The summed E-state index contributed by atoms with van der Waals surface area (Å²) < 4.78 is 22.1. The van der Waals surface area contributed by atoms with Gasteiger partial charge in [-0.05, 0) is 60.5 Å². The number of methoxy groups -OCH3 is 3. The lowest BCUT2D eigenvalue weighted by molar-refractivity contribution is 0.0882. The van der Waals surface area contributed by atoms with Crippen molar-refractivity contribution in [3.05, 3.63) is 83.4 Å². The number of ether oxygens (including phenoxy) is 4. The highest BCUT2D eigenvalue weighted by atomic mass is 16.5. The molecular weight excluding hydrogens is 520 g/mol. The summed E-state index contributed by atoms with van der Waals surface area (Å²) >= 11 is 0. The fraction of sp³-hybridized carbons (Fsp3) is 0.394. The van der Waals surface area contributed by atoms with Gasteiger partial charge >= 0.3 is 0 Å². The van der Waals surface area contributed by atoms with Gasteiger partial charge in [-0.15, -0.1) is 0 Å². The number of carbonyl (C=O) groups excluding carboxylic acids is 2. The molecule has 220 valence electrons. The third-order valence-electron chi connectivity index (χ3n) is 6.74. The molecule has 0 atom stereocenters. The van der Waals surface area contributed by atoms with Crippen molar-refractivity contribution in [1.82, 2.24) is 10.6 Å². The largest absolute Gasteiger partial charge is 0.497 e. The Morgan fingerprint density at radius 2 is 1.22 bits per heavy atom. The minimum Gasteiger partial charge on any atom is -0.497 e. The highest BCUT2D eigenvalue weighted by Crippen LogP contribution is 2.30. The Hall–Kier alpha value is -4.20. The van der Waals surface area contributed by atoms with E-state index >= 15 is 0 Å². The van der Waals surface area contributed by atoms with E-state index in [0.717, 1.165) is 12.8 Å². The number of hydrogen-bond donors (Lipinski definition) is 2. The van der Waals surface area contributed by atoms with E-state index in [2.05, 4.69) is 17.6 Å². The standard InChI is InChI=1S/C33H42N2O6/c1-5-6-7-8-9-10-11-20-41-29-19-18-24(23-30(29)40-4)31(34-32(36)25-14-12-16-27(21-25)38-2)35-33(37)26-15-13-17-28(22-26)39-3/h12-19,21-23,31H,5-11,20H2,1-4H3,(H,34,36)(H,35,37). The molecule has 8 nitrogen and oxygen atoms in total. The van der Waals surface area contributed by atoms with E-state index in [1.54, 1.807) is 67.8 Å². The normalized spacial score (nSPS) is 10.7. The van der Waals surface area contributed by atoms with Crippen molar-refractivity contribution in [2.45, 2.75) is 58.0 Å². The molecule has 0 fully saturated rings. The zero-order valence-corrected chi connectivity index (χ0v) is 24.5. The first-order valence-electron chi connectivity index (χ1n) is 14.2. The molecule has 0 aliphatic carbocycles. The van der Waals surface area contributed by atoms with E-state index < -0.39 is 6.17 Å². The van der Waals surface area contributed by atoms with Crippen LogP contribution in [-0.2, 0) is 0 Å². The molecule has 0 bridgehead atoms. The summed E-state index contributed by atoms with van der Waals surface area (Å²) in [6.07, 6.45) is 7.52. The second-order valence-corrected chi connectivity index (χ2v) is 9.72. The van der Waals surface area contributed by atoms with Crippen molar-refractivity contribution >= 4 is 11.8 Å². The number of benzene rings is 3. The zero-order valence-electron chi connectivity index (χ0n) is 24.5. The van der Waals surface area contributed by atoms with Gasteiger partial charge in [0.1, 0.15) is 17.7 Å². The summed E-state index contributed by atoms with van der Waals surface area (Å²) in [4.78, 5) is 26.5. The number of hydrogen-bond acceptors (Lipinski definition) is 6. The molecule has 0 spiro atoms. The number of amides is 2. The predicted molar refractivity (Wildman–Crippen MR) is 160 cm³/mol. The van der Waals surface area contributed by atoms with E-state index in [1.807, 2.05) is 6.07 Å². The number of unbranched alkanes of at least 4 members (excludes halogenated alkanes) is 6. The molecule has 3 aromatic carbocycles. The van der Waals surface area contributed by atoms with Gasteiger partial charge in [-0.25, -0.2) is 0 Å². The van der Waals surface area contributed by atoms with Crippen molar-refractivity contribution in [2.75, 3.05) is 27.9 Å². The van der Waals surface area contributed by atoms with Crippen molar-refractivity contribution in [2.24, 2.45) is 0 Å². The molecule has 41 heavy (non-hydrogen) atoms. The van der Waals surface area contributed by atoms with Gasteiger partial charge in [0, 0.05) is 11.1 Å². The number of rotatable bonds is 17. The van der Waals surface area contributed by atoms with Crippen LogP contribution in [0.5, 0.6) is 23.0 Å². The average Bonchev–Trinajstić information content (AvgIpc) is 3.01.